The summed E-state index contributed by atoms with van der Waals surface area (Å²) in [6.45, 7) is 1.85. The van der Waals surface area contributed by atoms with Gasteiger partial charge in [0.2, 0.25) is 5.82 Å². The summed E-state index contributed by atoms with van der Waals surface area (Å²) in [4.78, 5) is 0. The third kappa shape index (κ3) is 4.10. The highest BCUT2D eigenvalue weighted by Gasteiger charge is 2.37. The molecule has 0 aliphatic heterocycles. The number of allylic oxidation sites excluding steroid dienone is 3. The predicted octanol–water partition coefficient (Wildman–Crippen LogP) is 4.02. The third-order valence-electron chi connectivity index (χ3n) is 3.47. The summed E-state index contributed by atoms with van der Waals surface area (Å²) in [5.41, 5.74) is 2.82. The number of aromatic nitrogens is 3. The van der Waals surface area contributed by atoms with Gasteiger partial charge >= 0.3 is 6.18 Å². The molecule has 0 N–H and O–H groups in total. The van der Waals surface area contributed by atoms with E-state index in [1.807, 2.05) is 37.3 Å². The Hall–Kier alpha value is -2.88. The quantitative estimate of drug-likeness (QED) is 0.795. The molecule has 0 bridgehead atoms. The van der Waals surface area contributed by atoms with Gasteiger partial charge in [-0.2, -0.15) is 18.4 Å². The maximum Gasteiger partial charge on any atom is 0.451 e. The van der Waals surface area contributed by atoms with E-state index in [2.05, 4.69) is 10.2 Å². The number of nitriles is 1. The van der Waals surface area contributed by atoms with Gasteiger partial charge in [0.1, 0.15) is 0 Å². The summed E-state index contributed by atoms with van der Waals surface area (Å²) in [6, 6.07) is 9.60. The number of halogens is 3. The maximum absolute atomic E-state index is 12.6. The summed E-state index contributed by atoms with van der Waals surface area (Å²) in [5.74, 6) is -0.877. The van der Waals surface area contributed by atoms with Gasteiger partial charge in [0.15, 0.2) is 5.82 Å². The van der Waals surface area contributed by atoms with Crippen molar-refractivity contribution in [1.29, 1.82) is 5.26 Å². The first-order valence-electron chi connectivity index (χ1n) is 7.11. The Kier molecular flexibility index (Phi) is 5.19. The lowest BCUT2D eigenvalue weighted by Crippen LogP contribution is -2.13. The summed E-state index contributed by atoms with van der Waals surface area (Å²) >= 11 is 0. The zero-order valence-corrected chi connectivity index (χ0v) is 13.2. The van der Waals surface area contributed by atoms with Crippen LogP contribution in [-0.4, -0.2) is 14.8 Å². The molecule has 0 unspecified atom stereocenters. The van der Waals surface area contributed by atoms with Gasteiger partial charge in [0, 0.05) is 13.1 Å². The van der Waals surface area contributed by atoms with E-state index in [9.17, 15) is 13.2 Å². The minimum atomic E-state index is -4.52. The predicted molar refractivity (Wildman–Crippen MR) is 84.4 cm³/mol. The van der Waals surface area contributed by atoms with Crippen molar-refractivity contribution < 1.29 is 13.2 Å². The molecule has 0 aliphatic rings. The number of rotatable bonds is 4. The van der Waals surface area contributed by atoms with Gasteiger partial charge in [-0.25, -0.2) is 0 Å². The highest BCUT2D eigenvalue weighted by molar-refractivity contribution is 5.65. The molecule has 7 heteroatoms. The average molecular weight is 332 g/mol. The lowest BCUT2D eigenvalue weighted by molar-refractivity contribution is -0.147. The van der Waals surface area contributed by atoms with Crippen LogP contribution >= 0.6 is 0 Å². The third-order valence-corrected chi connectivity index (χ3v) is 3.47. The minimum absolute atomic E-state index is 0.145. The zero-order valence-electron chi connectivity index (χ0n) is 13.2. The van der Waals surface area contributed by atoms with Crippen molar-refractivity contribution in [2.24, 2.45) is 7.05 Å². The van der Waals surface area contributed by atoms with E-state index < -0.39 is 12.0 Å². The molecule has 1 heterocycles. The van der Waals surface area contributed by atoms with Crippen molar-refractivity contribution in [2.45, 2.75) is 19.5 Å². The molecular formula is C17H15F3N4. The summed E-state index contributed by atoms with van der Waals surface area (Å²) < 4.78 is 38.8. The molecule has 2 aromatic rings. The van der Waals surface area contributed by atoms with E-state index in [4.69, 9.17) is 5.26 Å². The molecule has 0 spiro atoms. The first-order valence-corrected chi connectivity index (χ1v) is 7.11. The lowest BCUT2D eigenvalue weighted by atomic mass is 10.0. The largest absolute Gasteiger partial charge is 0.451 e. The molecule has 1 aromatic carbocycles. The number of benzene rings is 1. The average Bonchev–Trinajstić information content (AvgIpc) is 2.89. The Morgan fingerprint density at radius 1 is 1.25 bits per heavy atom. The normalized spacial score (nSPS) is 12.6. The van der Waals surface area contributed by atoms with Crippen LogP contribution in [0.5, 0.6) is 0 Å². The van der Waals surface area contributed by atoms with E-state index in [0.29, 0.717) is 6.42 Å². The van der Waals surface area contributed by atoms with Crippen LogP contribution in [0.4, 0.5) is 13.2 Å². The van der Waals surface area contributed by atoms with Crippen LogP contribution in [0, 0.1) is 11.3 Å². The van der Waals surface area contributed by atoms with Gasteiger partial charge < -0.3 is 4.57 Å². The van der Waals surface area contributed by atoms with Gasteiger partial charge in [-0.3, -0.25) is 0 Å². The van der Waals surface area contributed by atoms with Crippen molar-refractivity contribution in [2.75, 3.05) is 0 Å². The molecule has 0 fully saturated rings. The maximum atomic E-state index is 12.6. The molecule has 0 saturated carbocycles. The topological polar surface area (TPSA) is 54.5 Å². The van der Waals surface area contributed by atoms with E-state index in [0.717, 1.165) is 21.3 Å². The number of hydrogen-bond acceptors (Lipinski definition) is 3. The SMILES string of the molecule is CC(=CC#N)c1ccc(CC=Cc2nnc(C(F)(F)F)n2C)cc1. The Labute approximate surface area is 137 Å². The molecule has 24 heavy (non-hydrogen) atoms. The summed E-state index contributed by atoms with van der Waals surface area (Å²) in [6.07, 6.45) is 0.753. The Bertz CT molecular complexity index is 806. The molecule has 124 valence electrons. The van der Waals surface area contributed by atoms with Crippen LogP contribution in [0.1, 0.15) is 29.7 Å². The highest BCUT2D eigenvalue weighted by atomic mass is 19.4. The summed E-state index contributed by atoms with van der Waals surface area (Å²) in [7, 11) is 1.28. The van der Waals surface area contributed by atoms with Crippen molar-refractivity contribution in [3.05, 3.63) is 59.2 Å². The summed E-state index contributed by atoms with van der Waals surface area (Å²) in [5, 5.41) is 15.3. The molecule has 0 aliphatic carbocycles. The molecule has 4 nitrogen and oxygen atoms in total. The van der Waals surface area contributed by atoms with Gasteiger partial charge in [-0.05, 0) is 36.1 Å². The Morgan fingerprint density at radius 3 is 2.46 bits per heavy atom. The Balaban J connectivity index is 2.06. The van der Waals surface area contributed by atoms with Crippen LogP contribution in [-0.2, 0) is 19.6 Å². The first kappa shape index (κ1) is 17.5. The van der Waals surface area contributed by atoms with E-state index in [-0.39, 0.29) is 5.82 Å². The minimum Gasteiger partial charge on any atom is -0.307 e. The molecule has 0 atom stereocenters. The van der Waals surface area contributed by atoms with Gasteiger partial charge in [-0.15, -0.1) is 10.2 Å². The molecule has 0 amide bonds. The number of hydrogen-bond donors (Lipinski definition) is 0. The number of alkyl halides is 3. The first-order chi connectivity index (χ1) is 11.3. The van der Waals surface area contributed by atoms with Crippen LogP contribution < -0.4 is 0 Å². The van der Waals surface area contributed by atoms with Crippen molar-refractivity contribution in [1.82, 2.24) is 14.8 Å². The van der Waals surface area contributed by atoms with E-state index >= 15 is 0 Å². The van der Waals surface area contributed by atoms with Crippen molar-refractivity contribution >= 4 is 11.6 Å². The second-order valence-corrected chi connectivity index (χ2v) is 5.20. The number of nitrogens with zero attached hydrogens (tertiary/aromatic N) is 4. The highest BCUT2D eigenvalue weighted by Crippen LogP contribution is 2.27. The van der Waals surface area contributed by atoms with E-state index in [1.54, 1.807) is 6.08 Å². The smallest absolute Gasteiger partial charge is 0.307 e. The molecule has 1 aromatic heterocycles. The van der Waals surface area contributed by atoms with Crippen LogP contribution in [0.15, 0.2) is 36.4 Å². The van der Waals surface area contributed by atoms with Gasteiger partial charge in [0.05, 0.1) is 6.07 Å². The fourth-order valence-corrected chi connectivity index (χ4v) is 2.12. The van der Waals surface area contributed by atoms with Gasteiger partial charge in [0.25, 0.3) is 0 Å². The molecular weight excluding hydrogens is 317 g/mol. The lowest BCUT2D eigenvalue weighted by Gasteiger charge is -2.04. The van der Waals surface area contributed by atoms with Crippen molar-refractivity contribution in [3.63, 3.8) is 0 Å². The molecule has 2 rings (SSSR count). The van der Waals surface area contributed by atoms with Crippen LogP contribution in [0.25, 0.3) is 11.6 Å². The Morgan fingerprint density at radius 2 is 1.92 bits per heavy atom. The molecule has 0 radical (unpaired) electrons. The van der Waals surface area contributed by atoms with Crippen LogP contribution in [0.3, 0.4) is 0 Å². The second kappa shape index (κ2) is 7.13. The second-order valence-electron chi connectivity index (χ2n) is 5.20. The van der Waals surface area contributed by atoms with E-state index in [1.165, 1.54) is 19.2 Å². The van der Waals surface area contributed by atoms with Crippen molar-refractivity contribution in [3.8, 4) is 6.07 Å². The van der Waals surface area contributed by atoms with Crippen LogP contribution in [0.2, 0.25) is 0 Å². The monoisotopic (exact) mass is 332 g/mol. The molecule has 0 saturated heterocycles. The fourth-order valence-electron chi connectivity index (χ4n) is 2.12. The zero-order chi connectivity index (χ0) is 17.7. The standard InChI is InChI=1S/C17H15F3N4/c1-12(10-11-21)14-8-6-13(7-9-14)4-3-5-15-22-23-16(24(15)2)17(18,19)20/h3,5-10H,4H2,1-2H3. The fraction of sp³-hybridized carbons (Fsp3) is 0.235. The van der Waals surface area contributed by atoms with Gasteiger partial charge in [-0.1, -0.05) is 30.3 Å².